The highest BCUT2D eigenvalue weighted by molar-refractivity contribution is 7.93. The lowest BCUT2D eigenvalue weighted by Crippen LogP contribution is -2.36. The fourth-order valence-corrected chi connectivity index (χ4v) is 5.18. The van der Waals surface area contributed by atoms with Crippen LogP contribution in [0, 0.1) is 0 Å². The highest BCUT2D eigenvalue weighted by Gasteiger charge is 2.33. The number of anilines is 1. The summed E-state index contributed by atoms with van der Waals surface area (Å²) >= 11 is 6.18. The number of hydrogen-bond donors (Lipinski definition) is 1. The number of benzene rings is 2. The van der Waals surface area contributed by atoms with Crippen molar-refractivity contribution < 1.29 is 22.7 Å². The van der Waals surface area contributed by atoms with Gasteiger partial charge >= 0.3 is 5.97 Å². The first-order valence-electron chi connectivity index (χ1n) is 9.64. The van der Waals surface area contributed by atoms with E-state index in [4.69, 9.17) is 16.3 Å². The van der Waals surface area contributed by atoms with Gasteiger partial charge in [0, 0.05) is 13.1 Å². The molecule has 1 atom stereocenters. The molecule has 1 N–H and O–H groups in total. The van der Waals surface area contributed by atoms with Crippen molar-refractivity contribution in [3.63, 3.8) is 0 Å². The van der Waals surface area contributed by atoms with Gasteiger partial charge in [-0.2, -0.15) is 0 Å². The van der Waals surface area contributed by atoms with E-state index in [1.807, 2.05) is 19.1 Å². The minimum atomic E-state index is -3.98. The van der Waals surface area contributed by atoms with Crippen molar-refractivity contribution >= 4 is 39.2 Å². The first kappa shape index (κ1) is 22.1. The molecule has 0 spiro atoms. The van der Waals surface area contributed by atoms with Crippen LogP contribution in [-0.4, -0.2) is 39.5 Å². The number of carbonyl (C=O) groups is 2. The molecule has 0 aromatic heterocycles. The summed E-state index contributed by atoms with van der Waals surface area (Å²) in [5.41, 5.74) is 1.53. The summed E-state index contributed by atoms with van der Waals surface area (Å²) in [7, 11) is -3.98. The van der Waals surface area contributed by atoms with Crippen molar-refractivity contribution in [2.24, 2.45) is 0 Å². The SMILES string of the molecule is CCCNC(=O)C(C)OC(=O)c1ccc(Cl)c(S(=O)(=O)N2CCc3ccccc32)c1. The summed E-state index contributed by atoms with van der Waals surface area (Å²) in [6.07, 6.45) is 0.342. The zero-order valence-electron chi connectivity index (χ0n) is 16.7. The van der Waals surface area contributed by atoms with Crippen LogP contribution >= 0.6 is 11.6 Å². The van der Waals surface area contributed by atoms with Gasteiger partial charge in [0.2, 0.25) is 0 Å². The third kappa shape index (κ3) is 4.44. The monoisotopic (exact) mass is 450 g/mol. The Balaban J connectivity index is 1.85. The van der Waals surface area contributed by atoms with E-state index < -0.39 is 28.0 Å². The summed E-state index contributed by atoms with van der Waals surface area (Å²) in [5.74, 6) is -1.22. The second kappa shape index (κ2) is 9.06. The van der Waals surface area contributed by atoms with E-state index in [1.54, 1.807) is 12.1 Å². The third-order valence-electron chi connectivity index (χ3n) is 4.78. The average Bonchev–Trinajstić information content (AvgIpc) is 3.17. The van der Waals surface area contributed by atoms with Gasteiger partial charge in [0.25, 0.3) is 15.9 Å². The third-order valence-corrected chi connectivity index (χ3v) is 7.08. The van der Waals surface area contributed by atoms with Crippen LogP contribution in [0.4, 0.5) is 5.69 Å². The highest BCUT2D eigenvalue weighted by atomic mass is 35.5. The van der Waals surface area contributed by atoms with Crippen LogP contribution in [0.15, 0.2) is 47.4 Å². The van der Waals surface area contributed by atoms with Gasteiger partial charge in [-0.15, -0.1) is 0 Å². The van der Waals surface area contributed by atoms with Crippen LogP contribution in [0.25, 0.3) is 0 Å². The van der Waals surface area contributed by atoms with Crippen molar-refractivity contribution in [1.29, 1.82) is 0 Å². The molecule has 0 radical (unpaired) electrons. The van der Waals surface area contributed by atoms with Crippen LogP contribution in [-0.2, 0) is 26.0 Å². The molecule has 1 aliphatic heterocycles. The Morgan fingerprint density at radius 1 is 1.23 bits per heavy atom. The Morgan fingerprint density at radius 3 is 2.70 bits per heavy atom. The Kier molecular flexibility index (Phi) is 6.67. The molecule has 0 bridgehead atoms. The summed E-state index contributed by atoms with van der Waals surface area (Å²) in [6.45, 7) is 4.13. The van der Waals surface area contributed by atoms with Gasteiger partial charge in [0.1, 0.15) is 4.90 Å². The number of sulfonamides is 1. The number of nitrogens with zero attached hydrogens (tertiary/aromatic N) is 1. The van der Waals surface area contributed by atoms with Crippen LogP contribution in [0.2, 0.25) is 5.02 Å². The van der Waals surface area contributed by atoms with E-state index >= 15 is 0 Å². The number of halogens is 1. The largest absolute Gasteiger partial charge is 0.449 e. The predicted molar refractivity (Wildman–Crippen MR) is 114 cm³/mol. The Bertz CT molecular complexity index is 1070. The highest BCUT2D eigenvalue weighted by Crippen LogP contribution is 2.35. The first-order valence-corrected chi connectivity index (χ1v) is 11.5. The number of fused-ring (bicyclic) bond motifs is 1. The molecule has 1 unspecified atom stereocenters. The molecule has 2 aromatic carbocycles. The summed E-state index contributed by atoms with van der Waals surface area (Å²) < 4.78 is 33.0. The minimum absolute atomic E-state index is 0.000554. The summed E-state index contributed by atoms with van der Waals surface area (Å²) in [6, 6.07) is 11.2. The van der Waals surface area contributed by atoms with Gasteiger partial charge in [0.15, 0.2) is 6.10 Å². The quantitative estimate of drug-likeness (QED) is 0.654. The Labute approximate surface area is 181 Å². The van der Waals surface area contributed by atoms with Gasteiger partial charge in [-0.05, 0) is 49.6 Å². The van der Waals surface area contributed by atoms with Gasteiger partial charge in [0.05, 0.1) is 16.3 Å². The number of para-hydroxylation sites is 1. The second-order valence-corrected chi connectivity index (χ2v) is 9.18. The Hall–Kier alpha value is -2.58. The molecule has 0 saturated heterocycles. The molecule has 1 amide bonds. The van der Waals surface area contributed by atoms with Gasteiger partial charge < -0.3 is 10.1 Å². The van der Waals surface area contributed by atoms with E-state index in [2.05, 4.69) is 5.32 Å². The number of esters is 1. The molecule has 7 nitrogen and oxygen atoms in total. The summed E-state index contributed by atoms with van der Waals surface area (Å²) in [4.78, 5) is 24.2. The first-order chi connectivity index (χ1) is 14.3. The minimum Gasteiger partial charge on any atom is -0.449 e. The molecule has 1 heterocycles. The van der Waals surface area contributed by atoms with Crippen molar-refractivity contribution in [2.45, 2.75) is 37.7 Å². The van der Waals surface area contributed by atoms with E-state index in [1.165, 1.54) is 29.4 Å². The molecule has 1 aliphatic rings. The van der Waals surface area contributed by atoms with Crippen LogP contribution < -0.4 is 9.62 Å². The molecular weight excluding hydrogens is 428 g/mol. The lowest BCUT2D eigenvalue weighted by atomic mass is 10.2. The molecule has 3 rings (SSSR count). The molecule has 30 heavy (non-hydrogen) atoms. The van der Waals surface area contributed by atoms with Crippen molar-refractivity contribution in [1.82, 2.24) is 5.32 Å². The topological polar surface area (TPSA) is 92.8 Å². The number of nitrogens with one attached hydrogen (secondary N) is 1. The van der Waals surface area contributed by atoms with E-state index in [0.29, 0.717) is 25.2 Å². The van der Waals surface area contributed by atoms with Crippen LogP contribution in [0.1, 0.15) is 36.2 Å². The second-order valence-electron chi connectivity index (χ2n) is 6.94. The lowest BCUT2D eigenvalue weighted by molar-refractivity contribution is -0.129. The molecule has 9 heteroatoms. The zero-order valence-corrected chi connectivity index (χ0v) is 18.3. The zero-order chi connectivity index (χ0) is 21.9. The maximum atomic E-state index is 13.3. The molecule has 0 aliphatic carbocycles. The number of ether oxygens (including phenoxy) is 1. The molecule has 0 fully saturated rings. The van der Waals surface area contributed by atoms with Crippen LogP contribution in [0.5, 0.6) is 0 Å². The summed E-state index contributed by atoms with van der Waals surface area (Å²) in [5, 5.41) is 2.64. The number of hydrogen-bond acceptors (Lipinski definition) is 5. The maximum Gasteiger partial charge on any atom is 0.338 e. The van der Waals surface area contributed by atoms with E-state index in [0.717, 1.165) is 12.0 Å². The number of rotatable bonds is 7. The standard InChI is InChI=1S/C21H23ClN2O5S/c1-3-11-23-20(25)14(2)29-21(26)16-8-9-17(22)19(13-16)30(27,28)24-12-10-15-6-4-5-7-18(15)24/h4-9,13-14H,3,10-12H2,1-2H3,(H,23,25). The molecule has 2 aromatic rings. The van der Waals surface area contributed by atoms with Crippen molar-refractivity contribution in [2.75, 3.05) is 17.4 Å². The fraction of sp³-hybridized carbons (Fsp3) is 0.333. The molecule has 160 valence electrons. The van der Waals surface area contributed by atoms with E-state index in [-0.39, 0.29) is 15.5 Å². The lowest BCUT2D eigenvalue weighted by Gasteiger charge is -2.21. The molecule has 0 saturated carbocycles. The predicted octanol–water partition coefficient (Wildman–Crippen LogP) is 3.16. The number of amides is 1. The van der Waals surface area contributed by atoms with Gasteiger partial charge in [-0.3, -0.25) is 9.10 Å². The smallest absolute Gasteiger partial charge is 0.338 e. The van der Waals surface area contributed by atoms with E-state index in [9.17, 15) is 18.0 Å². The molecular formula is C21H23ClN2O5S. The normalized spacial score (nSPS) is 14.2. The maximum absolute atomic E-state index is 13.3. The Morgan fingerprint density at radius 2 is 1.97 bits per heavy atom. The number of carbonyl (C=O) groups excluding carboxylic acids is 2. The van der Waals surface area contributed by atoms with Gasteiger partial charge in [-0.25, -0.2) is 13.2 Å². The van der Waals surface area contributed by atoms with Crippen molar-refractivity contribution in [3.8, 4) is 0 Å². The average molecular weight is 451 g/mol. The van der Waals surface area contributed by atoms with Crippen molar-refractivity contribution in [3.05, 3.63) is 58.6 Å². The fourth-order valence-electron chi connectivity index (χ4n) is 3.18. The van der Waals surface area contributed by atoms with Crippen LogP contribution in [0.3, 0.4) is 0 Å². The van der Waals surface area contributed by atoms with Gasteiger partial charge in [-0.1, -0.05) is 36.7 Å².